The fourth-order valence-corrected chi connectivity index (χ4v) is 5.65. The third-order valence-electron chi connectivity index (χ3n) is 7.48. The van der Waals surface area contributed by atoms with Gasteiger partial charge in [0.25, 0.3) is 0 Å². The Morgan fingerprint density at radius 3 is 1.00 bits per heavy atom. The largest absolute Gasteiger partial charge is 2.00 e. The first-order valence-corrected chi connectivity index (χ1v) is 19.9. The van der Waals surface area contributed by atoms with Gasteiger partial charge in [-0.1, -0.05) is 67.2 Å². The molecule has 2 atom stereocenters. The van der Waals surface area contributed by atoms with E-state index in [1.807, 2.05) is 24.3 Å². The Morgan fingerprint density at radius 1 is 0.556 bits per heavy atom. The summed E-state index contributed by atoms with van der Waals surface area (Å²) in [6.45, 7) is 11.7. The van der Waals surface area contributed by atoms with E-state index >= 15 is 0 Å². The van der Waals surface area contributed by atoms with Crippen LogP contribution in [0.2, 0.25) is 0 Å². The van der Waals surface area contributed by atoms with Crippen LogP contribution in [0.1, 0.15) is 126 Å². The van der Waals surface area contributed by atoms with E-state index in [0.29, 0.717) is 11.5 Å². The summed E-state index contributed by atoms with van der Waals surface area (Å²) in [5.74, 6) is 0.734. The van der Waals surface area contributed by atoms with Crippen LogP contribution in [0.15, 0.2) is 24.3 Å². The van der Waals surface area contributed by atoms with Gasteiger partial charge in [-0.05, 0) is 109 Å². The molecule has 2 N–H and O–H groups in total. The first-order valence-electron chi connectivity index (χ1n) is 16.4. The molecule has 2 unspecified atom stereocenters. The number of phenolic OH excluding ortho intramolecular Hbond substituents is 2. The summed E-state index contributed by atoms with van der Waals surface area (Å²) in [7, 11) is -7.47. The maximum atomic E-state index is 11.5. The molecule has 2 aromatic rings. The molecular formula is C34H56CaO8P2. The Balaban J connectivity index is 0.000000842. The Labute approximate surface area is 302 Å². The van der Waals surface area contributed by atoms with Gasteiger partial charge in [-0.25, -0.2) is 0 Å². The van der Waals surface area contributed by atoms with Gasteiger partial charge < -0.3 is 38.2 Å². The Morgan fingerprint density at radius 2 is 0.800 bits per heavy atom. The summed E-state index contributed by atoms with van der Waals surface area (Å²) >= 11 is 0. The van der Waals surface area contributed by atoms with Crippen LogP contribution in [0.25, 0.3) is 0 Å². The van der Waals surface area contributed by atoms with Crippen molar-refractivity contribution in [2.24, 2.45) is 0 Å². The SMILES string of the molecule is CCCCc1cc(COP(=O)([O-])CC)cc(CCCC)c1O.CCCCc1cc(COP(=O)([O-])CC)cc(CCCC)c1O.[Ca+2]. The van der Waals surface area contributed by atoms with Crippen molar-refractivity contribution in [2.75, 3.05) is 12.3 Å². The molecule has 0 heterocycles. The molecule has 11 heteroatoms. The van der Waals surface area contributed by atoms with Crippen molar-refractivity contribution in [2.45, 2.75) is 132 Å². The van der Waals surface area contributed by atoms with Crippen molar-refractivity contribution in [3.05, 3.63) is 57.6 Å². The number of rotatable bonds is 20. The van der Waals surface area contributed by atoms with Crippen molar-refractivity contribution in [1.82, 2.24) is 0 Å². The molecule has 0 aromatic heterocycles. The van der Waals surface area contributed by atoms with E-state index < -0.39 is 15.2 Å². The van der Waals surface area contributed by atoms with Gasteiger partial charge in [0, 0.05) is 12.3 Å². The van der Waals surface area contributed by atoms with Gasteiger partial charge in [0.05, 0.1) is 13.2 Å². The van der Waals surface area contributed by atoms with Crippen LogP contribution in [0, 0.1) is 0 Å². The first-order chi connectivity index (χ1) is 20.9. The third-order valence-corrected chi connectivity index (χ3v) is 10.1. The van der Waals surface area contributed by atoms with E-state index in [-0.39, 0.29) is 63.3 Å². The van der Waals surface area contributed by atoms with Gasteiger partial charge in [-0.3, -0.25) is 0 Å². The van der Waals surface area contributed by atoms with Gasteiger partial charge in [-0.15, -0.1) is 0 Å². The minimum atomic E-state index is -3.74. The average Bonchev–Trinajstić information content (AvgIpc) is 3.01. The number of hydrogen-bond acceptors (Lipinski definition) is 8. The van der Waals surface area contributed by atoms with Crippen LogP contribution >= 0.6 is 15.2 Å². The molecule has 0 saturated carbocycles. The van der Waals surface area contributed by atoms with E-state index in [0.717, 1.165) is 110 Å². The van der Waals surface area contributed by atoms with Crippen LogP contribution in [-0.2, 0) is 57.1 Å². The predicted molar refractivity (Wildman–Crippen MR) is 182 cm³/mol. The molecule has 0 bridgehead atoms. The summed E-state index contributed by atoms with van der Waals surface area (Å²) in [6.07, 6.45) is 11.4. The second-order valence-electron chi connectivity index (χ2n) is 11.3. The quantitative estimate of drug-likeness (QED) is 0.105. The predicted octanol–water partition coefficient (Wildman–Crippen LogP) is 7.95. The van der Waals surface area contributed by atoms with E-state index in [1.54, 1.807) is 13.8 Å². The molecule has 0 fully saturated rings. The Hall–Kier alpha value is -0.400. The minimum Gasteiger partial charge on any atom is -0.778 e. The Kier molecular flexibility index (Phi) is 23.6. The summed E-state index contributed by atoms with van der Waals surface area (Å²) in [5, 5.41) is 20.8. The Bertz CT molecular complexity index is 1070. The molecule has 8 nitrogen and oxygen atoms in total. The smallest absolute Gasteiger partial charge is 0.778 e. The molecule has 45 heavy (non-hydrogen) atoms. The third kappa shape index (κ3) is 17.5. The normalized spacial score (nSPS) is 13.7. The zero-order valence-corrected chi connectivity index (χ0v) is 32.6. The van der Waals surface area contributed by atoms with Crippen molar-refractivity contribution in [1.29, 1.82) is 0 Å². The second kappa shape index (κ2) is 23.8. The first kappa shape index (κ1) is 44.6. The number of aromatic hydroxyl groups is 2. The van der Waals surface area contributed by atoms with Crippen LogP contribution in [0.3, 0.4) is 0 Å². The zero-order chi connectivity index (χ0) is 33.2. The van der Waals surface area contributed by atoms with Gasteiger partial charge in [0.2, 0.25) is 0 Å². The van der Waals surface area contributed by atoms with E-state index in [1.165, 1.54) is 0 Å². The minimum absolute atomic E-state index is 0. The molecule has 2 aromatic carbocycles. The number of benzene rings is 2. The second-order valence-corrected chi connectivity index (χ2v) is 15.6. The van der Waals surface area contributed by atoms with Crippen molar-refractivity contribution < 1.29 is 38.2 Å². The molecule has 0 amide bonds. The van der Waals surface area contributed by atoms with Crippen molar-refractivity contribution in [3.63, 3.8) is 0 Å². The summed E-state index contributed by atoms with van der Waals surface area (Å²) in [4.78, 5) is 23.0. The molecule has 252 valence electrons. The number of phenols is 2. The molecule has 0 spiro atoms. The van der Waals surface area contributed by atoms with Crippen LogP contribution in [-0.4, -0.2) is 60.3 Å². The van der Waals surface area contributed by atoms with E-state index in [9.17, 15) is 29.1 Å². The average molecular weight is 695 g/mol. The number of hydrogen-bond donors (Lipinski definition) is 2. The number of aryl methyl sites for hydroxylation is 4. The standard InChI is InChI=1S/2C17H29O4P.Ca/c2*1-4-7-9-15-11-14(13-21-22(19,20)6-3)12-16(17(15)18)10-8-5-2;/h2*11-12,18H,4-10,13H2,1-3H3,(H,19,20);/q;;+2/p-2. The van der Waals surface area contributed by atoms with Gasteiger partial charge in [-0.2, -0.15) is 0 Å². The monoisotopic (exact) mass is 694 g/mol. The van der Waals surface area contributed by atoms with Crippen molar-refractivity contribution >= 4 is 52.9 Å². The summed E-state index contributed by atoms with van der Waals surface area (Å²) in [6, 6.07) is 7.48. The fourth-order valence-electron chi connectivity index (χ4n) is 4.59. The van der Waals surface area contributed by atoms with Gasteiger partial charge in [0.15, 0.2) is 0 Å². The number of unbranched alkanes of at least 4 members (excludes halogenated alkanes) is 4. The molecule has 0 aliphatic carbocycles. The molecule has 0 saturated heterocycles. The molecule has 0 radical (unpaired) electrons. The molecule has 2 rings (SSSR count). The van der Waals surface area contributed by atoms with E-state index in [2.05, 4.69) is 27.7 Å². The van der Waals surface area contributed by atoms with Gasteiger partial charge in [0.1, 0.15) is 26.7 Å². The summed E-state index contributed by atoms with van der Waals surface area (Å²) < 4.78 is 33.1. The van der Waals surface area contributed by atoms with Gasteiger partial charge >= 0.3 is 37.7 Å². The van der Waals surface area contributed by atoms with E-state index in [4.69, 9.17) is 9.05 Å². The summed E-state index contributed by atoms with van der Waals surface area (Å²) in [5.41, 5.74) is 5.22. The fraction of sp³-hybridized carbons (Fsp3) is 0.647. The van der Waals surface area contributed by atoms with Crippen LogP contribution < -0.4 is 9.79 Å². The zero-order valence-electron chi connectivity index (χ0n) is 28.6. The molecule has 0 aliphatic rings. The van der Waals surface area contributed by atoms with Crippen LogP contribution in [0.4, 0.5) is 0 Å². The molecular weight excluding hydrogens is 638 g/mol. The van der Waals surface area contributed by atoms with Crippen LogP contribution in [0.5, 0.6) is 11.5 Å². The topological polar surface area (TPSA) is 139 Å². The van der Waals surface area contributed by atoms with Crippen molar-refractivity contribution in [3.8, 4) is 11.5 Å². The maximum absolute atomic E-state index is 11.5. The maximum Gasteiger partial charge on any atom is 2.00 e. The molecule has 0 aliphatic heterocycles.